The third-order valence-corrected chi connectivity index (χ3v) is 2.16. The summed E-state index contributed by atoms with van der Waals surface area (Å²) in [5, 5.41) is 6.96. The third kappa shape index (κ3) is 2.08. The number of carbonyl (C=O) groups excluding carboxylic acids is 1. The first-order valence-electron chi connectivity index (χ1n) is 4.53. The average Bonchev–Trinajstić information content (AvgIpc) is 2.79. The Morgan fingerprint density at radius 1 is 1.77 bits per heavy atom. The number of aromatic nitrogens is 2. The number of hydrogen-bond acceptors (Lipinski definition) is 2. The highest BCUT2D eigenvalue weighted by molar-refractivity contribution is 5.76. The first-order chi connectivity index (χ1) is 6.25. The summed E-state index contributed by atoms with van der Waals surface area (Å²) in [6, 6.07) is 2.33. The summed E-state index contributed by atoms with van der Waals surface area (Å²) in [5.41, 5.74) is 1.02. The number of carbonyl (C=O) groups is 1. The van der Waals surface area contributed by atoms with Gasteiger partial charge in [-0.1, -0.05) is 0 Å². The van der Waals surface area contributed by atoms with Gasteiger partial charge in [-0.2, -0.15) is 5.10 Å². The minimum atomic E-state index is 0.0642. The Balaban J connectivity index is 1.89. The molecule has 1 amide bonds. The Kier molecular flexibility index (Phi) is 2.04. The van der Waals surface area contributed by atoms with Gasteiger partial charge in [-0.15, -0.1) is 0 Å². The third-order valence-electron chi connectivity index (χ3n) is 2.16. The predicted molar refractivity (Wildman–Crippen MR) is 48.1 cm³/mol. The lowest BCUT2D eigenvalue weighted by atomic mass is 10.4. The molecular formula is C9H13N3O. The van der Waals surface area contributed by atoms with Crippen LogP contribution in [0, 0.1) is 6.92 Å². The van der Waals surface area contributed by atoms with Crippen LogP contribution in [0.25, 0.3) is 0 Å². The quantitative estimate of drug-likeness (QED) is 0.733. The molecular weight excluding hydrogens is 166 g/mol. The predicted octanol–water partition coefficient (Wildman–Crippen LogP) is 0.470. The number of nitrogens with zero attached hydrogens (tertiary/aromatic N) is 2. The molecule has 4 heteroatoms. The molecule has 0 saturated heterocycles. The van der Waals surface area contributed by atoms with Crippen molar-refractivity contribution in [2.24, 2.45) is 0 Å². The van der Waals surface area contributed by atoms with E-state index >= 15 is 0 Å². The molecule has 0 bridgehead atoms. The molecule has 1 saturated carbocycles. The van der Waals surface area contributed by atoms with Crippen molar-refractivity contribution >= 4 is 5.91 Å². The van der Waals surface area contributed by atoms with Gasteiger partial charge in [-0.05, 0) is 25.8 Å². The first kappa shape index (κ1) is 8.29. The highest BCUT2D eigenvalue weighted by Gasteiger charge is 2.23. The number of nitrogens with one attached hydrogen (secondary N) is 1. The van der Waals surface area contributed by atoms with Crippen LogP contribution in [0.3, 0.4) is 0 Å². The Morgan fingerprint density at radius 3 is 3.08 bits per heavy atom. The summed E-state index contributed by atoms with van der Waals surface area (Å²) in [6.07, 6.45) is 3.97. The molecule has 1 aromatic heterocycles. The summed E-state index contributed by atoms with van der Waals surface area (Å²) < 4.78 is 1.71. The minimum absolute atomic E-state index is 0.0642. The van der Waals surface area contributed by atoms with Crippen LogP contribution < -0.4 is 5.32 Å². The highest BCUT2D eigenvalue weighted by atomic mass is 16.2. The van der Waals surface area contributed by atoms with Crippen LogP contribution in [-0.2, 0) is 11.3 Å². The van der Waals surface area contributed by atoms with Crippen LogP contribution in [0.5, 0.6) is 0 Å². The second-order valence-electron chi connectivity index (χ2n) is 3.47. The number of rotatable bonds is 3. The van der Waals surface area contributed by atoms with Gasteiger partial charge >= 0.3 is 0 Å². The molecule has 1 heterocycles. The van der Waals surface area contributed by atoms with E-state index in [1.54, 1.807) is 10.9 Å². The van der Waals surface area contributed by atoms with Crippen molar-refractivity contribution in [1.82, 2.24) is 15.1 Å². The van der Waals surface area contributed by atoms with Gasteiger partial charge < -0.3 is 5.32 Å². The van der Waals surface area contributed by atoms with Gasteiger partial charge in [-0.25, -0.2) is 0 Å². The lowest BCUT2D eigenvalue weighted by Crippen LogP contribution is -2.29. The maximum Gasteiger partial charge on any atom is 0.241 e. The smallest absolute Gasteiger partial charge is 0.241 e. The van der Waals surface area contributed by atoms with Gasteiger partial charge in [0.05, 0.1) is 0 Å². The monoisotopic (exact) mass is 179 g/mol. The molecule has 0 unspecified atom stereocenters. The molecule has 0 spiro atoms. The SMILES string of the molecule is Cc1ccnn1CC(=O)NC1CC1. The average molecular weight is 179 g/mol. The summed E-state index contributed by atoms with van der Waals surface area (Å²) in [7, 11) is 0. The van der Waals surface area contributed by atoms with Gasteiger partial charge in [0.15, 0.2) is 0 Å². The first-order valence-corrected chi connectivity index (χ1v) is 4.53. The minimum Gasteiger partial charge on any atom is -0.352 e. The standard InChI is InChI=1S/C9H13N3O/c1-7-4-5-10-12(7)6-9(13)11-8-2-3-8/h4-5,8H,2-3,6H2,1H3,(H,11,13). The van der Waals surface area contributed by atoms with Crippen molar-refractivity contribution < 1.29 is 4.79 Å². The van der Waals surface area contributed by atoms with E-state index in [1.165, 1.54) is 0 Å². The topological polar surface area (TPSA) is 46.9 Å². The fraction of sp³-hybridized carbons (Fsp3) is 0.556. The molecule has 13 heavy (non-hydrogen) atoms. The van der Waals surface area contributed by atoms with E-state index in [2.05, 4.69) is 10.4 Å². The zero-order valence-corrected chi connectivity index (χ0v) is 7.66. The van der Waals surface area contributed by atoms with E-state index in [1.807, 2.05) is 13.0 Å². The van der Waals surface area contributed by atoms with Crippen LogP contribution in [0.4, 0.5) is 0 Å². The molecule has 1 aliphatic carbocycles. The molecule has 4 nitrogen and oxygen atoms in total. The molecule has 1 fully saturated rings. The van der Waals surface area contributed by atoms with Gasteiger partial charge in [0.2, 0.25) is 5.91 Å². The van der Waals surface area contributed by atoms with Crippen LogP contribution in [0.2, 0.25) is 0 Å². The number of amides is 1. The van der Waals surface area contributed by atoms with Crippen LogP contribution in [0.1, 0.15) is 18.5 Å². The van der Waals surface area contributed by atoms with Gasteiger partial charge in [0.1, 0.15) is 6.54 Å². The van der Waals surface area contributed by atoms with E-state index in [4.69, 9.17) is 0 Å². The largest absolute Gasteiger partial charge is 0.352 e. The molecule has 2 rings (SSSR count). The summed E-state index contributed by atoms with van der Waals surface area (Å²) in [4.78, 5) is 11.3. The Morgan fingerprint density at radius 2 is 2.54 bits per heavy atom. The Bertz CT molecular complexity index is 314. The van der Waals surface area contributed by atoms with Crippen LogP contribution in [-0.4, -0.2) is 21.7 Å². The zero-order valence-electron chi connectivity index (χ0n) is 7.66. The molecule has 0 atom stereocenters. The number of aryl methyl sites for hydroxylation is 1. The normalized spacial score (nSPS) is 15.8. The van der Waals surface area contributed by atoms with Gasteiger partial charge in [-0.3, -0.25) is 9.48 Å². The molecule has 0 radical (unpaired) electrons. The van der Waals surface area contributed by atoms with E-state index in [9.17, 15) is 4.79 Å². The zero-order chi connectivity index (χ0) is 9.26. The Labute approximate surface area is 76.9 Å². The van der Waals surface area contributed by atoms with E-state index in [0.717, 1.165) is 18.5 Å². The molecule has 0 aliphatic heterocycles. The van der Waals surface area contributed by atoms with Gasteiger partial charge in [0.25, 0.3) is 0 Å². The second-order valence-corrected chi connectivity index (χ2v) is 3.47. The summed E-state index contributed by atoms with van der Waals surface area (Å²) in [5.74, 6) is 0.0642. The maximum absolute atomic E-state index is 11.3. The lowest BCUT2D eigenvalue weighted by molar-refractivity contribution is -0.122. The maximum atomic E-state index is 11.3. The molecule has 0 aromatic carbocycles. The fourth-order valence-electron chi connectivity index (χ4n) is 1.20. The van der Waals surface area contributed by atoms with Crippen molar-refractivity contribution in [2.45, 2.75) is 32.4 Å². The molecule has 70 valence electrons. The van der Waals surface area contributed by atoms with Crippen molar-refractivity contribution in [1.29, 1.82) is 0 Å². The second kappa shape index (κ2) is 3.20. The molecule has 1 aliphatic rings. The molecule has 1 N–H and O–H groups in total. The van der Waals surface area contributed by atoms with Crippen molar-refractivity contribution in [3.63, 3.8) is 0 Å². The van der Waals surface area contributed by atoms with Crippen molar-refractivity contribution in [3.8, 4) is 0 Å². The number of hydrogen-bond donors (Lipinski definition) is 1. The van der Waals surface area contributed by atoms with Crippen molar-refractivity contribution in [2.75, 3.05) is 0 Å². The van der Waals surface area contributed by atoms with Crippen molar-refractivity contribution in [3.05, 3.63) is 18.0 Å². The van der Waals surface area contributed by atoms with Crippen LogP contribution >= 0.6 is 0 Å². The lowest BCUT2D eigenvalue weighted by Gasteiger charge is -2.04. The highest BCUT2D eigenvalue weighted by Crippen LogP contribution is 2.18. The summed E-state index contributed by atoms with van der Waals surface area (Å²) >= 11 is 0. The van der Waals surface area contributed by atoms with E-state index in [-0.39, 0.29) is 5.91 Å². The van der Waals surface area contributed by atoms with Gasteiger partial charge in [0, 0.05) is 17.9 Å². The Hall–Kier alpha value is -1.32. The van der Waals surface area contributed by atoms with E-state index < -0.39 is 0 Å². The fourth-order valence-corrected chi connectivity index (χ4v) is 1.20. The van der Waals surface area contributed by atoms with Crippen LogP contribution in [0.15, 0.2) is 12.3 Å². The van der Waals surface area contributed by atoms with E-state index in [0.29, 0.717) is 12.6 Å². The molecule has 1 aromatic rings. The summed E-state index contributed by atoms with van der Waals surface area (Å²) in [6.45, 7) is 2.28.